The Morgan fingerprint density at radius 1 is 0.885 bits per heavy atom. The molecule has 0 radical (unpaired) electrons. The second kappa shape index (κ2) is 23.7. The standard InChI is InChI=1S/C46H72N8O6S/c1-12-13-15-20-32(56)27-33(44-49-24-26-61-44)50-42(59)36(30(5)31-18-16-14-17-19-31)52-43(60)38(46(9,10)11)53-39(48-23-25-55)37(45(6,7)8)54-40(57)34(28(2)3)51-41(58)35-29(4)21-22-47-35/h13-19,24,26,28-30,33-38,47,55H,12,20-23,25,27H2,1-11H3,(H,48,53)(H,50,59)(H,51,58)(H,52,60)(H,54,57)/b15-13-/t29-,30+,33-,34+,35+,36+,37-,38-/m1/s1. The highest BCUT2D eigenvalue weighted by Gasteiger charge is 2.41. The zero-order chi connectivity index (χ0) is 45.5. The number of amidine groups is 1. The third-order valence-corrected chi connectivity index (χ3v) is 11.8. The fraction of sp³-hybridized carbons (Fsp3) is 0.630. The van der Waals surface area contributed by atoms with Crippen LogP contribution in [0.1, 0.15) is 124 Å². The molecule has 0 unspecified atom stereocenters. The summed E-state index contributed by atoms with van der Waals surface area (Å²) in [4.78, 5) is 79.0. The number of nitrogens with zero attached hydrogens (tertiary/aromatic N) is 2. The number of rotatable bonds is 21. The molecule has 338 valence electrons. The zero-order valence-corrected chi connectivity index (χ0v) is 38.9. The van der Waals surface area contributed by atoms with E-state index in [1.165, 1.54) is 11.3 Å². The summed E-state index contributed by atoms with van der Waals surface area (Å²) < 4.78 is 0. The summed E-state index contributed by atoms with van der Waals surface area (Å²) in [5.41, 5.74) is -0.614. The van der Waals surface area contributed by atoms with Crippen molar-refractivity contribution < 1.29 is 29.1 Å². The van der Waals surface area contributed by atoms with Crippen LogP contribution in [0.3, 0.4) is 0 Å². The number of Topliss-reactive ketones (excluding diaryl/α,β-unsaturated/α-hetero) is 1. The first-order valence-corrected chi connectivity index (χ1v) is 22.5. The van der Waals surface area contributed by atoms with E-state index in [9.17, 15) is 29.1 Å². The van der Waals surface area contributed by atoms with E-state index in [4.69, 9.17) is 4.99 Å². The Kier molecular flexibility index (Phi) is 19.7. The van der Waals surface area contributed by atoms with E-state index in [1.54, 1.807) is 11.6 Å². The number of aliphatic hydroxyl groups is 1. The molecule has 0 saturated carbocycles. The SMILES string of the molecule is CC/C=C\CC(=O)C[C@@H](NC(=O)[C@@H](NC(=O)[C@@H](NC(=NCCO)[C@@H](NC(=O)[C@@H](NC(=O)[C@H]1NCC[C@H]1C)C(C)C)C(C)(C)C)C(C)(C)C)[C@@H](C)c1ccccc1)c1nccs1. The smallest absolute Gasteiger partial charge is 0.243 e. The minimum atomic E-state index is -1.08. The molecule has 1 aromatic carbocycles. The van der Waals surface area contributed by atoms with Gasteiger partial charge in [0.25, 0.3) is 0 Å². The molecule has 0 aliphatic carbocycles. The van der Waals surface area contributed by atoms with E-state index in [1.807, 2.05) is 119 Å². The van der Waals surface area contributed by atoms with Gasteiger partial charge < -0.3 is 37.0 Å². The molecule has 0 bridgehead atoms. The Balaban J connectivity index is 1.99. The van der Waals surface area contributed by atoms with Crippen LogP contribution in [0.25, 0.3) is 0 Å². The van der Waals surface area contributed by atoms with Gasteiger partial charge in [0, 0.05) is 30.3 Å². The van der Waals surface area contributed by atoms with Gasteiger partial charge in [-0.25, -0.2) is 4.98 Å². The van der Waals surface area contributed by atoms with Crippen molar-refractivity contribution in [3.63, 3.8) is 0 Å². The van der Waals surface area contributed by atoms with Crippen LogP contribution in [-0.2, 0) is 24.0 Å². The lowest BCUT2D eigenvalue weighted by molar-refractivity contribution is -0.132. The van der Waals surface area contributed by atoms with E-state index in [0.717, 1.165) is 24.9 Å². The van der Waals surface area contributed by atoms with Crippen molar-refractivity contribution in [3.8, 4) is 0 Å². The first-order valence-electron chi connectivity index (χ1n) is 21.7. The minimum absolute atomic E-state index is 0.0139. The number of hydrogen-bond donors (Lipinski definition) is 7. The van der Waals surface area contributed by atoms with Gasteiger partial charge in [0.05, 0.1) is 31.3 Å². The molecule has 2 aromatic rings. The van der Waals surface area contributed by atoms with Gasteiger partial charge in [-0.15, -0.1) is 11.3 Å². The van der Waals surface area contributed by atoms with E-state index in [0.29, 0.717) is 5.01 Å². The summed E-state index contributed by atoms with van der Waals surface area (Å²) in [6, 6.07) is 4.57. The van der Waals surface area contributed by atoms with E-state index >= 15 is 0 Å². The van der Waals surface area contributed by atoms with Gasteiger partial charge in [-0.1, -0.05) is 119 Å². The Morgan fingerprint density at radius 3 is 2.08 bits per heavy atom. The van der Waals surface area contributed by atoms with Gasteiger partial charge in [0.2, 0.25) is 23.6 Å². The molecule has 15 heteroatoms. The molecule has 3 rings (SSSR count). The van der Waals surface area contributed by atoms with Crippen molar-refractivity contribution >= 4 is 46.6 Å². The van der Waals surface area contributed by atoms with Gasteiger partial charge in [-0.05, 0) is 47.6 Å². The number of nitrogens with one attached hydrogen (secondary N) is 6. The van der Waals surface area contributed by atoms with Gasteiger partial charge in [-0.3, -0.25) is 29.0 Å². The number of ketones is 1. The number of thiazole rings is 1. The summed E-state index contributed by atoms with van der Waals surface area (Å²) in [6.45, 7) is 21.5. The molecule has 1 aromatic heterocycles. The number of aliphatic hydroxyl groups excluding tert-OH is 1. The summed E-state index contributed by atoms with van der Waals surface area (Å²) in [6.07, 6.45) is 7.31. The largest absolute Gasteiger partial charge is 0.394 e. The number of hydrogen-bond acceptors (Lipinski definition) is 10. The molecule has 61 heavy (non-hydrogen) atoms. The maximum absolute atomic E-state index is 14.8. The molecule has 1 aliphatic rings. The third-order valence-electron chi connectivity index (χ3n) is 10.9. The van der Waals surface area contributed by atoms with Crippen LogP contribution in [-0.4, -0.2) is 95.2 Å². The van der Waals surface area contributed by atoms with Crippen molar-refractivity contribution in [2.24, 2.45) is 27.7 Å². The molecule has 8 atom stereocenters. The summed E-state index contributed by atoms with van der Waals surface area (Å²) in [7, 11) is 0. The zero-order valence-electron chi connectivity index (χ0n) is 38.1. The summed E-state index contributed by atoms with van der Waals surface area (Å²) >= 11 is 1.34. The average molecular weight is 865 g/mol. The summed E-state index contributed by atoms with van der Waals surface area (Å²) in [5.74, 6) is -2.04. The number of benzene rings is 1. The first kappa shape index (κ1) is 50.9. The number of carbonyl (C=O) groups is 5. The van der Waals surface area contributed by atoms with E-state index in [-0.39, 0.29) is 55.4 Å². The van der Waals surface area contributed by atoms with Crippen LogP contribution in [0.15, 0.2) is 59.1 Å². The molecular weight excluding hydrogens is 793 g/mol. The topological polar surface area (TPSA) is 203 Å². The average Bonchev–Trinajstić information content (AvgIpc) is 3.89. The van der Waals surface area contributed by atoms with Crippen molar-refractivity contribution in [2.45, 2.75) is 144 Å². The van der Waals surface area contributed by atoms with Crippen LogP contribution >= 0.6 is 11.3 Å². The molecule has 4 amide bonds. The molecule has 2 heterocycles. The van der Waals surface area contributed by atoms with Crippen molar-refractivity contribution in [3.05, 3.63) is 64.6 Å². The number of carbonyl (C=O) groups excluding carboxylic acids is 5. The molecular formula is C46H72N8O6S. The highest BCUT2D eigenvalue weighted by Crippen LogP contribution is 2.27. The normalized spacial score (nSPS) is 19.1. The molecule has 0 spiro atoms. The summed E-state index contributed by atoms with van der Waals surface area (Å²) in [5, 5.41) is 31.1. The second-order valence-electron chi connectivity index (χ2n) is 18.6. The fourth-order valence-electron chi connectivity index (χ4n) is 7.27. The predicted molar refractivity (Wildman–Crippen MR) is 243 cm³/mol. The van der Waals surface area contributed by atoms with Crippen LogP contribution in [0, 0.1) is 22.7 Å². The van der Waals surface area contributed by atoms with Gasteiger partial charge >= 0.3 is 0 Å². The Morgan fingerprint density at radius 2 is 1.54 bits per heavy atom. The molecule has 1 aliphatic heterocycles. The van der Waals surface area contributed by atoms with Crippen molar-refractivity contribution in [2.75, 3.05) is 19.7 Å². The van der Waals surface area contributed by atoms with Crippen LogP contribution in [0.2, 0.25) is 0 Å². The fourth-order valence-corrected chi connectivity index (χ4v) is 7.96. The quantitative estimate of drug-likeness (QED) is 0.0514. The number of aromatic nitrogens is 1. The number of allylic oxidation sites excluding steroid dienone is 2. The Hall–Kier alpha value is -4.47. The van der Waals surface area contributed by atoms with Crippen LogP contribution in [0.5, 0.6) is 0 Å². The number of aliphatic imine (C=N–C) groups is 1. The van der Waals surface area contributed by atoms with Crippen molar-refractivity contribution in [1.82, 2.24) is 36.9 Å². The lowest BCUT2D eigenvalue weighted by Gasteiger charge is -2.39. The third kappa shape index (κ3) is 15.4. The lowest BCUT2D eigenvalue weighted by atomic mass is 9.82. The highest BCUT2D eigenvalue weighted by atomic mass is 32.1. The molecule has 14 nitrogen and oxygen atoms in total. The van der Waals surface area contributed by atoms with Gasteiger partial charge in [0.1, 0.15) is 34.8 Å². The maximum Gasteiger partial charge on any atom is 0.243 e. The highest BCUT2D eigenvalue weighted by molar-refractivity contribution is 7.09. The van der Waals surface area contributed by atoms with E-state index in [2.05, 4.69) is 36.9 Å². The molecule has 1 saturated heterocycles. The predicted octanol–water partition coefficient (Wildman–Crippen LogP) is 4.97. The van der Waals surface area contributed by atoms with Crippen molar-refractivity contribution in [1.29, 1.82) is 0 Å². The Labute approximate surface area is 367 Å². The minimum Gasteiger partial charge on any atom is -0.394 e. The van der Waals surface area contributed by atoms with Crippen LogP contribution < -0.4 is 31.9 Å². The Bertz CT molecular complexity index is 1790. The number of amides is 4. The monoisotopic (exact) mass is 865 g/mol. The van der Waals surface area contributed by atoms with Gasteiger partial charge in [0.15, 0.2) is 0 Å². The first-order chi connectivity index (χ1) is 28.7. The maximum atomic E-state index is 14.8. The van der Waals surface area contributed by atoms with E-state index < -0.39 is 70.7 Å². The lowest BCUT2D eigenvalue weighted by Crippen LogP contribution is -2.64. The van der Waals surface area contributed by atoms with Gasteiger partial charge in [-0.2, -0.15) is 0 Å². The van der Waals surface area contributed by atoms with Crippen LogP contribution in [0.4, 0.5) is 0 Å². The molecule has 7 N–H and O–H groups in total. The molecule has 1 fully saturated rings. The second-order valence-corrected chi connectivity index (χ2v) is 19.5.